The van der Waals surface area contributed by atoms with Gasteiger partial charge in [-0.05, 0) is 18.2 Å². The van der Waals surface area contributed by atoms with Crippen molar-refractivity contribution in [3.8, 4) is 16.6 Å². The smallest absolute Gasteiger partial charge is 0.416 e. The van der Waals surface area contributed by atoms with Gasteiger partial charge >= 0.3 is 12.1 Å². The van der Waals surface area contributed by atoms with Crippen LogP contribution in [-0.2, 0) is 12.8 Å². The van der Waals surface area contributed by atoms with Gasteiger partial charge in [-0.15, -0.1) is 11.3 Å². The summed E-state index contributed by atoms with van der Waals surface area (Å²) in [5.41, 5.74) is 0.254. The highest BCUT2D eigenvalue weighted by molar-refractivity contribution is 7.17. The molecule has 0 saturated heterocycles. The Morgan fingerprint density at radius 1 is 1.17 bits per heavy atom. The molecule has 0 fully saturated rings. The minimum Gasteiger partial charge on any atom is -0.477 e. The van der Waals surface area contributed by atoms with Crippen LogP contribution in [-0.4, -0.2) is 25.4 Å². The number of benzene rings is 1. The standard InChI is InChI=1S/C19H12F3N3O3S/c20-19(21,22)12-6-2-1-5-11(12)10-28-16-15(18(26)27)29-17(24-16)13-9-23-14-7-3-4-8-25(13)14/h1-9H,10H2,(H,26,27). The molecule has 0 spiro atoms. The number of fused-ring (bicyclic) bond motifs is 1. The van der Waals surface area contributed by atoms with Crippen molar-refractivity contribution < 1.29 is 27.8 Å². The number of halogens is 3. The molecule has 0 aliphatic heterocycles. The molecule has 4 aromatic rings. The zero-order valence-corrected chi connectivity index (χ0v) is 15.4. The number of pyridine rings is 1. The Hall–Kier alpha value is -3.40. The van der Waals surface area contributed by atoms with Gasteiger partial charge in [0.1, 0.15) is 23.0 Å². The number of rotatable bonds is 5. The van der Waals surface area contributed by atoms with Crippen LogP contribution in [0.3, 0.4) is 0 Å². The second kappa shape index (κ2) is 7.21. The summed E-state index contributed by atoms with van der Waals surface area (Å²) in [4.78, 5) is 19.8. The van der Waals surface area contributed by atoms with Crippen molar-refractivity contribution in [2.75, 3.05) is 0 Å². The maximum atomic E-state index is 13.1. The van der Waals surface area contributed by atoms with Crippen LogP contribution in [0.5, 0.6) is 5.88 Å². The average molecular weight is 419 g/mol. The number of imidazole rings is 1. The third kappa shape index (κ3) is 3.66. The largest absolute Gasteiger partial charge is 0.477 e. The van der Waals surface area contributed by atoms with Crippen molar-refractivity contribution in [3.05, 3.63) is 70.9 Å². The fourth-order valence-electron chi connectivity index (χ4n) is 2.81. The third-order valence-electron chi connectivity index (χ3n) is 4.11. The highest BCUT2D eigenvalue weighted by Gasteiger charge is 2.33. The summed E-state index contributed by atoms with van der Waals surface area (Å²) in [6.45, 7) is -0.466. The molecule has 3 heterocycles. The summed E-state index contributed by atoms with van der Waals surface area (Å²) in [7, 11) is 0. The van der Waals surface area contributed by atoms with Crippen molar-refractivity contribution in [2.45, 2.75) is 12.8 Å². The van der Waals surface area contributed by atoms with Gasteiger partial charge in [0.05, 0.1) is 11.8 Å². The minimum atomic E-state index is -4.54. The van der Waals surface area contributed by atoms with E-state index in [0.717, 1.165) is 17.4 Å². The van der Waals surface area contributed by atoms with E-state index in [2.05, 4.69) is 9.97 Å². The van der Waals surface area contributed by atoms with E-state index in [1.165, 1.54) is 18.2 Å². The first-order valence-electron chi connectivity index (χ1n) is 8.29. The number of aromatic nitrogens is 3. The molecule has 0 radical (unpaired) electrons. The van der Waals surface area contributed by atoms with Crippen molar-refractivity contribution in [1.29, 1.82) is 0 Å². The maximum absolute atomic E-state index is 13.1. The Kier molecular flexibility index (Phi) is 4.71. The first-order chi connectivity index (χ1) is 13.8. The number of hydrogen-bond donors (Lipinski definition) is 1. The van der Waals surface area contributed by atoms with Crippen molar-refractivity contribution in [1.82, 2.24) is 14.4 Å². The van der Waals surface area contributed by atoms with Gasteiger partial charge in [0.2, 0.25) is 5.88 Å². The Morgan fingerprint density at radius 3 is 2.69 bits per heavy atom. The summed E-state index contributed by atoms with van der Waals surface area (Å²) in [6.07, 6.45) is -1.25. The molecule has 0 bridgehead atoms. The SMILES string of the molecule is O=C(O)c1sc(-c2cnc3ccccn23)nc1OCc1ccccc1C(F)(F)F. The zero-order valence-electron chi connectivity index (χ0n) is 14.6. The summed E-state index contributed by atoms with van der Waals surface area (Å²) < 4.78 is 46.6. The molecule has 0 unspecified atom stereocenters. The highest BCUT2D eigenvalue weighted by atomic mass is 32.1. The lowest BCUT2D eigenvalue weighted by atomic mass is 10.1. The molecule has 0 amide bonds. The second-order valence-electron chi connectivity index (χ2n) is 5.97. The van der Waals surface area contributed by atoms with E-state index in [-0.39, 0.29) is 16.3 Å². The summed E-state index contributed by atoms with van der Waals surface area (Å²) in [6, 6.07) is 10.3. The number of carboxylic acids is 1. The molecule has 3 aromatic heterocycles. The number of thiazole rings is 1. The molecule has 29 heavy (non-hydrogen) atoms. The van der Waals surface area contributed by atoms with Gasteiger partial charge in [-0.1, -0.05) is 24.3 Å². The van der Waals surface area contributed by atoms with E-state index in [9.17, 15) is 23.1 Å². The van der Waals surface area contributed by atoms with Crippen LogP contribution in [0.1, 0.15) is 20.8 Å². The topological polar surface area (TPSA) is 76.7 Å². The minimum absolute atomic E-state index is 0.110. The fraction of sp³-hybridized carbons (Fsp3) is 0.105. The van der Waals surface area contributed by atoms with E-state index in [1.54, 1.807) is 28.9 Å². The van der Waals surface area contributed by atoms with Crippen LogP contribution >= 0.6 is 11.3 Å². The van der Waals surface area contributed by atoms with Gasteiger partial charge in [-0.3, -0.25) is 4.40 Å². The first kappa shape index (κ1) is 18.9. The number of aromatic carboxylic acids is 1. The number of carboxylic acid groups (broad SMARTS) is 1. The van der Waals surface area contributed by atoms with Crippen LogP contribution in [0.15, 0.2) is 54.9 Å². The molecule has 4 rings (SSSR count). The highest BCUT2D eigenvalue weighted by Crippen LogP contribution is 2.35. The molecule has 0 aliphatic rings. The van der Waals surface area contributed by atoms with E-state index in [4.69, 9.17) is 4.74 Å². The second-order valence-corrected chi connectivity index (χ2v) is 6.97. The molecule has 0 atom stereocenters. The number of ether oxygens (including phenoxy) is 1. The molecule has 148 valence electrons. The monoisotopic (exact) mass is 419 g/mol. The van der Waals surface area contributed by atoms with Crippen LogP contribution in [0.2, 0.25) is 0 Å². The molecule has 1 N–H and O–H groups in total. The number of nitrogens with zero attached hydrogens (tertiary/aromatic N) is 3. The molecule has 10 heteroatoms. The van der Waals surface area contributed by atoms with Gasteiger partial charge in [-0.25, -0.2) is 9.78 Å². The third-order valence-corrected chi connectivity index (χ3v) is 5.16. The van der Waals surface area contributed by atoms with Gasteiger partial charge in [0, 0.05) is 11.8 Å². The van der Waals surface area contributed by atoms with E-state index < -0.39 is 24.3 Å². The van der Waals surface area contributed by atoms with Gasteiger partial charge < -0.3 is 9.84 Å². The average Bonchev–Trinajstić information content (AvgIpc) is 3.30. The van der Waals surface area contributed by atoms with E-state index in [1.807, 2.05) is 6.07 Å². The predicted octanol–water partition coefficient (Wildman–Crippen LogP) is 4.75. The van der Waals surface area contributed by atoms with Crippen LogP contribution < -0.4 is 4.74 Å². The fourth-order valence-corrected chi connectivity index (χ4v) is 3.66. The number of alkyl halides is 3. The van der Waals surface area contributed by atoms with Crippen LogP contribution in [0.4, 0.5) is 13.2 Å². The lowest BCUT2D eigenvalue weighted by Gasteiger charge is -2.12. The van der Waals surface area contributed by atoms with Crippen molar-refractivity contribution in [3.63, 3.8) is 0 Å². The molecule has 6 nitrogen and oxygen atoms in total. The summed E-state index contributed by atoms with van der Waals surface area (Å²) >= 11 is 0.866. The quantitative estimate of drug-likeness (QED) is 0.505. The molecule has 0 aliphatic carbocycles. The normalized spacial score (nSPS) is 11.7. The van der Waals surface area contributed by atoms with Crippen molar-refractivity contribution in [2.24, 2.45) is 0 Å². The van der Waals surface area contributed by atoms with E-state index >= 15 is 0 Å². The molecule has 1 aromatic carbocycles. The first-order valence-corrected chi connectivity index (χ1v) is 9.10. The number of carbonyl (C=O) groups is 1. The maximum Gasteiger partial charge on any atom is 0.416 e. The Morgan fingerprint density at radius 2 is 1.93 bits per heavy atom. The lowest BCUT2D eigenvalue weighted by molar-refractivity contribution is -0.138. The van der Waals surface area contributed by atoms with Crippen LogP contribution in [0, 0.1) is 0 Å². The zero-order chi connectivity index (χ0) is 20.6. The Bertz CT molecular complexity index is 1200. The predicted molar refractivity (Wildman–Crippen MR) is 99.0 cm³/mol. The molecule has 0 saturated carbocycles. The van der Waals surface area contributed by atoms with Crippen LogP contribution in [0.25, 0.3) is 16.3 Å². The Labute approximate surface area is 165 Å². The molecular weight excluding hydrogens is 407 g/mol. The summed E-state index contributed by atoms with van der Waals surface area (Å²) in [5.74, 6) is -1.51. The van der Waals surface area contributed by atoms with Gasteiger partial charge in [0.15, 0.2) is 4.88 Å². The lowest BCUT2D eigenvalue weighted by Crippen LogP contribution is -2.11. The molecular formula is C19H12F3N3O3S. The van der Waals surface area contributed by atoms with Gasteiger partial charge in [-0.2, -0.15) is 18.2 Å². The summed E-state index contributed by atoms with van der Waals surface area (Å²) in [5, 5.41) is 9.79. The van der Waals surface area contributed by atoms with Gasteiger partial charge in [0.25, 0.3) is 0 Å². The Balaban J connectivity index is 1.68. The van der Waals surface area contributed by atoms with Crippen molar-refractivity contribution >= 4 is 23.0 Å². The van der Waals surface area contributed by atoms with E-state index in [0.29, 0.717) is 16.3 Å². The number of hydrogen-bond acceptors (Lipinski definition) is 5.